The summed E-state index contributed by atoms with van der Waals surface area (Å²) in [5.74, 6) is 1.44. The number of rotatable bonds is 5. The molecule has 1 rings (SSSR count). The number of thioether (sulfide) groups is 1. The molecule has 0 aliphatic rings. The Hall–Kier alpha value is -1.17. The quantitative estimate of drug-likeness (QED) is 0.786. The molecular formula is C9H16N4OS. The Bertz CT molecular complexity index is 326. The van der Waals surface area contributed by atoms with Crippen molar-refractivity contribution in [3.05, 3.63) is 12.3 Å². The monoisotopic (exact) mass is 228 g/mol. The van der Waals surface area contributed by atoms with Gasteiger partial charge < -0.3 is 10.6 Å². The Kier molecular flexibility index (Phi) is 4.48. The van der Waals surface area contributed by atoms with Crippen LogP contribution in [0.15, 0.2) is 12.3 Å². The molecule has 0 radical (unpaired) electrons. The van der Waals surface area contributed by atoms with E-state index in [0.29, 0.717) is 5.82 Å². The number of nitrogens with two attached hydrogens (primary N) is 1. The summed E-state index contributed by atoms with van der Waals surface area (Å²) < 4.78 is 1.55. The fraction of sp³-hybridized carbons (Fsp3) is 0.556. The van der Waals surface area contributed by atoms with Crippen LogP contribution in [0.5, 0.6) is 0 Å². The molecule has 0 spiro atoms. The lowest BCUT2D eigenvalue weighted by molar-refractivity contribution is -0.130. The maximum Gasteiger partial charge on any atom is 0.244 e. The van der Waals surface area contributed by atoms with Crippen LogP contribution >= 0.6 is 11.8 Å². The van der Waals surface area contributed by atoms with Gasteiger partial charge in [0.2, 0.25) is 5.91 Å². The first-order valence-electron chi connectivity index (χ1n) is 4.65. The van der Waals surface area contributed by atoms with Crippen molar-refractivity contribution in [3.8, 4) is 0 Å². The second kappa shape index (κ2) is 5.65. The lowest BCUT2D eigenvalue weighted by Crippen LogP contribution is -2.32. The van der Waals surface area contributed by atoms with Gasteiger partial charge in [-0.15, -0.1) is 0 Å². The van der Waals surface area contributed by atoms with Crippen LogP contribution in [0.2, 0.25) is 0 Å². The molecule has 1 amide bonds. The number of hydrogen-bond donors (Lipinski definition) is 1. The number of nitrogens with zero attached hydrogens (tertiary/aromatic N) is 3. The van der Waals surface area contributed by atoms with Gasteiger partial charge in [-0.2, -0.15) is 16.9 Å². The minimum absolute atomic E-state index is 0.0483. The van der Waals surface area contributed by atoms with Crippen LogP contribution < -0.4 is 5.73 Å². The van der Waals surface area contributed by atoms with Crippen LogP contribution in [0.4, 0.5) is 5.82 Å². The molecule has 5 nitrogen and oxygen atoms in total. The van der Waals surface area contributed by atoms with Crippen molar-refractivity contribution in [2.75, 3.05) is 31.3 Å². The topological polar surface area (TPSA) is 64.2 Å². The Morgan fingerprint density at radius 2 is 2.47 bits per heavy atom. The van der Waals surface area contributed by atoms with Crippen LogP contribution in [0.25, 0.3) is 0 Å². The highest BCUT2D eigenvalue weighted by Gasteiger charge is 2.09. The number of likely N-dealkylation sites (N-methyl/N-ethyl adjacent to an activating group) is 1. The van der Waals surface area contributed by atoms with E-state index in [2.05, 4.69) is 5.10 Å². The number of anilines is 1. The highest BCUT2D eigenvalue weighted by atomic mass is 32.2. The highest BCUT2D eigenvalue weighted by molar-refractivity contribution is 7.98. The SMILES string of the molecule is CSCCN(C)C(=O)Cn1ccc(N)n1. The summed E-state index contributed by atoms with van der Waals surface area (Å²) in [5.41, 5.74) is 5.45. The standard InChI is InChI=1S/C9H16N4OS/c1-12(5-6-15-2)9(14)7-13-4-3-8(10)11-13/h3-4H,5-7H2,1-2H3,(H2,10,11). The van der Waals surface area contributed by atoms with E-state index < -0.39 is 0 Å². The average Bonchev–Trinajstić information content (AvgIpc) is 2.60. The van der Waals surface area contributed by atoms with Crippen LogP contribution in [0, 0.1) is 0 Å². The highest BCUT2D eigenvalue weighted by Crippen LogP contribution is 1.98. The smallest absolute Gasteiger partial charge is 0.244 e. The van der Waals surface area contributed by atoms with Gasteiger partial charge in [0.05, 0.1) is 0 Å². The van der Waals surface area contributed by atoms with E-state index in [0.717, 1.165) is 12.3 Å². The van der Waals surface area contributed by atoms with Gasteiger partial charge in [-0.1, -0.05) is 0 Å². The zero-order valence-corrected chi connectivity index (χ0v) is 9.83. The van der Waals surface area contributed by atoms with Crippen molar-refractivity contribution in [1.82, 2.24) is 14.7 Å². The number of aromatic nitrogens is 2. The third-order valence-electron chi connectivity index (χ3n) is 2.02. The van der Waals surface area contributed by atoms with Gasteiger partial charge in [-0.05, 0) is 12.3 Å². The summed E-state index contributed by atoms with van der Waals surface area (Å²) in [7, 11) is 1.80. The van der Waals surface area contributed by atoms with E-state index in [1.54, 1.807) is 40.7 Å². The van der Waals surface area contributed by atoms with Gasteiger partial charge in [0.15, 0.2) is 0 Å². The zero-order valence-electron chi connectivity index (χ0n) is 9.01. The van der Waals surface area contributed by atoms with Crippen molar-refractivity contribution >= 4 is 23.5 Å². The summed E-state index contributed by atoms with van der Waals surface area (Å²) in [6.07, 6.45) is 3.72. The number of amides is 1. The molecule has 0 saturated carbocycles. The van der Waals surface area contributed by atoms with Crippen molar-refractivity contribution in [2.24, 2.45) is 0 Å². The summed E-state index contributed by atoms with van der Waals surface area (Å²) >= 11 is 1.72. The Balaban J connectivity index is 2.41. The molecule has 0 aliphatic carbocycles. The maximum atomic E-state index is 11.6. The molecule has 0 saturated heterocycles. The lowest BCUT2D eigenvalue weighted by Gasteiger charge is -2.16. The number of carbonyl (C=O) groups excluding carboxylic acids is 1. The van der Waals surface area contributed by atoms with Crippen molar-refractivity contribution in [3.63, 3.8) is 0 Å². The van der Waals surface area contributed by atoms with Gasteiger partial charge in [-0.25, -0.2) is 0 Å². The molecular weight excluding hydrogens is 212 g/mol. The third kappa shape index (κ3) is 3.83. The number of nitrogen functional groups attached to an aromatic ring is 1. The second-order valence-corrected chi connectivity index (χ2v) is 4.23. The second-order valence-electron chi connectivity index (χ2n) is 3.25. The van der Waals surface area contributed by atoms with Gasteiger partial charge >= 0.3 is 0 Å². The molecule has 1 aromatic rings. The van der Waals surface area contributed by atoms with Gasteiger partial charge in [0, 0.05) is 25.5 Å². The fourth-order valence-electron chi connectivity index (χ4n) is 1.08. The van der Waals surface area contributed by atoms with Gasteiger partial charge in [-0.3, -0.25) is 9.48 Å². The fourth-order valence-corrected chi connectivity index (χ4v) is 1.53. The lowest BCUT2D eigenvalue weighted by atomic mass is 10.5. The Morgan fingerprint density at radius 1 is 1.73 bits per heavy atom. The summed E-state index contributed by atoms with van der Waals surface area (Å²) in [4.78, 5) is 13.3. The predicted octanol–water partition coefficient (Wildman–Crippen LogP) is 0.287. The molecule has 6 heteroatoms. The molecule has 84 valence electrons. The molecule has 1 heterocycles. The number of carbonyl (C=O) groups is 1. The summed E-state index contributed by atoms with van der Waals surface area (Å²) in [5, 5.41) is 3.96. The van der Waals surface area contributed by atoms with Crippen LogP contribution in [-0.2, 0) is 11.3 Å². The van der Waals surface area contributed by atoms with E-state index in [4.69, 9.17) is 5.73 Å². The first-order chi connectivity index (χ1) is 7.13. The summed E-state index contributed by atoms with van der Waals surface area (Å²) in [6.45, 7) is 1.01. The third-order valence-corrected chi connectivity index (χ3v) is 2.61. The molecule has 0 aliphatic heterocycles. The Labute approximate surface area is 93.6 Å². The van der Waals surface area contributed by atoms with Crippen LogP contribution in [-0.4, -0.2) is 46.2 Å². The van der Waals surface area contributed by atoms with E-state index in [9.17, 15) is 4.79 Å². The Morgan fingerprint density at radius 3 is 3.00 bits per heavy atom. The number of hydrogen-bond acceptors (Lipinski definition) is 4. The molecule has 0 atom stereocenters. The molecule has 0 unspecified atom stereocenters. The van der Waals surface area contributed by atoms with E-state index in [-0.39, 0.29) is 12.5 Å². The minimum atomic E-state index is 0.0483. The van der Waals surface area contributed by atoms with Crippen molar-refractivity contribution in [2.45, 2.75) is 6.54 Å². The summed E-state index contributed by atoms with van der Waals surface area (Å²) in [6, 6.07) is 1.68. The van der Waals surface area contributed by atoms with Gasteiger partial charge in [0.1, 0.15) is 12.4 Å². The van der Waals surface area contributed by atoms with Crippen LogP contribution in [0.3, 0.4) is 0 Å². The first-order valence-corrected chi connectivity index (χ1v) is 6.04. The predicted molar refractivity (Wildman–Crippen MR) is 62.7 cm³/mol. The van der Waals surface area contributed by atoms with Gasteiger partial charge in [0.25, 0.3) is 0 Å². The minimum Gasteiger partial charge on any atom is -0.382 e. The normalized spacial score (nSPS) is 10.3. The largest absolute Gasteiger partial charge is 0.382 e. The van der Waals surface area contributed by atoms with E-state index >= 15 is 0 Å². The van der Waals surface area contributed by atoms with Crippen molar-refractivity contribution < 1.29 is 4.79 Å². The van der Waals surface area contributed by atoms with Crippen LogP contribution in [0.1, 0.15) is 0 Å². The zero-order chi connectivity index (χ0) is 11.3. The maximum absolute atomic E-state index is 11.6. The average molecular weight is 228 g/mol. The first kappa shape index (κ1) is 11.9. The molecule has 2 N–H and O–H groups in total. The molecule has 0 bridgehead atoms. The molecule has 15 heavy (non-hydrogen) atoms. The molecule has 0 fully saturated rings. The van der Waals surface area contributed by atoms with E-state index in [1.807, 2.05) is 6.26 Å². The molecule has 1 aromatic heterocycles. The molecule has 0 aromatic carbocycles. The van der Waals surface area contributed by atoms with Crippen molar-refractivity contribution in [1.29, 1.82) is 0 Å². The van der Waals surface area contributed by atoms with E-state index in [1.165, 1.54) is 0 Å².